The number of hydrogen-bond donors (Lipinski definition) is 0. The molecule has 3 aromatic rings. The number of benzene rings is 2. The topological polar surface area (TPSA) is 35.0 Å². The van der Waals surface area contributed by atoms with Gasteiger partial charge in [0.25, 0.3) is 0 Å². The van der Waals surface area contributed by atoms with E-state index in [1.54, 1.807) is 6.33 Å². The summed E-state index contributed by atoms with van der Waals surface area (Å²) in [7, 11) is 0. The molecule has 1 saturated heterocycles. The van der Waals surface area contributed by atoms with Gasteiger partial charge in [0, 0.05) is 11.5 Å². The summed E-state index contributed by atoms with van der Waals surface area (Å²) in [6.45, 7) is 2.05. The molecule has 0 spiro atoms. The average molecular weight is 340 g/mol. The fourth-order valence-electron chi connectivity index (χ4n) is 2.68. The van der Waals surface area contributed by atoms with Crippen molar-refractivity contribution in [3.63, 3.8) is 0 Å². The number of rotatable bonds is 3. The molecular formula is C18H16N2OS2. The molecule has 2 aromatic carbocycles. The number of aryl methyl sites for hydroxylation is 1. The maximum Gasteiger partial charge on any atom is 0.230 e. The molecule has 1 aliphatic heterocycles. The second-order valence-corrected chi connectivity index (χ2v) is 8.12. The first-order chi connectivity index (χ1) is 11.3. The quantitative estimate of drug-likeness (QED) is 0.654. The van der Waals surface area contributed by atoms with Crippen LogP contribution < -0.4 is 4.74 Å². The predicted octanol–water partition coefficient (Wildman–Crippen LogP) is 5.21. The summed E-state index contributed by atoms with van der Waals surface area (Å²) in [6, 6.07) is 14.4. The summed E-state index contributed by atoms with van der Waals surface area (Å²) in [4.78, 5) is 8.64. The zero-order valence-electron chi connectivity index (χ0n) is 12.7. The first-order valence-electron chi connectivity index (χ1n) is 7.52. The number of fused-ring (bicyclic) bond motifs is 1. The van der Waals surface area contributed by atoms with Crippen LogP contribution in [0.25, 0.3) is 10.9 Å². The maximum absolute atomic E-state index is 6.03. The first-order valence-corrected chi connectivity index (χ1v) is 9.62. The molecule has 5 heteroatoms. The second kappa shape index (κ2) is 6.42. The number of ether oxygens (including phenoxy) is 1. The lowest BCUT2D eigenvalue weighted by Gasteiger charge is -2.11. The highest BCUT2D eigenvalue weighted by Gasteiger charge is 2.18. The summed E-state index contributed by atoms with van der Waals surface area (Å²) in [5.74, 6) is 3.90. The molecule has 0 N–H and O–H groups in total. The van der Waals surface area contributed by atoms with Crippen LogP contribution in [-0.4, -0.2) is 21.5 Å². The van der Waals surface area contributed by atoms with E-state index >= 15 is 0 Å². The summed E-state index contributed by atoms with van der Waals surface area (Å²) in [6.07, 6.45) is 1.55. The number of thioether (sulfide) groups is 2. The Hall–Kier alpha value is -1.72. The SMILES string of the molecule is Cc1cccc2ncnc(Oc3ccc(C4SCCS4)cc3)c12. The number of nitrogens with zero attached hydrogens (tertiary/aromatic N) is 2. The Labute approximate surface area is 143 Å². The third-order valence-corrected chi connectivity index (χ3v) is 6.93. The van der Waals surface area contributed by atoms with Gasteiger partial charge in [0.05, 0.1) is 15.5 Å². The Kier molecular flexibility index (Phi) is 4.14. The van der Waals surface area contributed by atoms with Crippen LogP contribution in [0.15, 0.2) is 48.8 Å². The van der Waals surface area contributed by atoms with Crippen molar-refractivity contribution < 1.29 is 4.74 Å². The molecule has 0 radical (unpaired) electrons. The molecule has 2 heterocycles. The minimum Gasteiger partial charge on any atom is -0.438 e. The third-order valence-electron chi connectivity index (χ3n) is 3.83. The lowest BCUT2D eigenvalue weighted by Crippen LogP contribution is -1.93. The highest BCUT2D eigenvalue weighted by Crippen LogP contribution is 2.45. The maximum atomic E-state index is 6.03. The van der Waals surface area contributed by atoms with Crippen LogP contribution in [0, 0.1) is 6.92 Å². The Morgan fingerprint density at radius 3 is 2.57 bits per heavy atom. The minimum atomic E-state index is 0.561. The van der Waals surface area contributed by atoms with Gasteiger partial charge in [-0.05, 0) is 36.2 Å². The summed E-state index contributed by atoms with van der Waals surface area (Å²) in [5, 5.41) is 0.973. The van der Waals surface area contributed by atoms with Gasteiger partial charge in [-0.15, -0.1) is 23.5 Å². The largest absolute Gasteiger partial charge is 0.438 e. The molecule has 1 fully saturated rings. The van der Waals surface area contributed by atoms with Crippen molar-refractivity contribution in [3.8, 4) is 11.6 Å². The standard InChI is InChI=1S/C18H16N2OS2/c1-12-3-2-4-15-16(12)17(20-11-19-15)21-14-7-5-13(6-8-14)18-22-9-10-23-18/h2-8,11,18H,9-10H2,1H3. The Morgan fingerprint density at radius 2 is 1.78 bits per heavy atom. The lowest BCUT2D eigenvalue weighted by molar-refractivity contribution is 0.468. The van der Waals surface area contributed by atoms with Gasteiger partial charge in [0.1, 0.15) is 12.1 Å². The van der Waals surface area contributed by atoms with E-state index < -0.39 is 0 Å². The van der Waals surface area contributed by atoms with Crippen molar-refractivity contribution in [2.75, 3.05) is 11.5 Å². The smallest absolute Gasteiger partial charge is 0.230 e. The van der Waals surface area contributed by atoms with Crippen LogP contribution in [0.3, 0.4) is 0 Å². The third kappa shape index (κ3) is 3.03. The minimum absolute atomic E-state index is 0.561. The lowest BCUT2D eigenvalue weighted by atomic mass is 10.1. The molecule has 0 atom stereocenters. The molecule has 0 bridgehead atoms. The highest BCUT2D eigenvalue weighted by molar-refractivity contribution is 8.19. The van der Waals surface area contributed by atoms with Gasteiger partial charge in [-0.3, -0.25) is 0 Å². The molecule has 3 nitrogen and oxygen atoms in total. The number of aromatic nitrogens is 2. The first kappa shape index (κ1) is 14.8. The fourth-order valence-corrected chi connectivity index (χ4v) is 5.54. The van der Waals surface area contributed by atoms with E-state index in [4.69, 9.17) is 4.74 Å². The average Bonchev–Trinajstić information content (AvgIpc) is 3.10. The van der Waals surface area contributed by atoms with Gasteiger partial charge in [0.15, 0.2) is 0 Å². The van der Waals surface area contributed by atoms with Crippen molar-refractivity contribution in [2.24, 2.45) is 0 Å². The van der Waals surface area contributed by atoms with Gasteiger partial charge in [-0.2, -0.15) is 0 Å². The van der Waals surface area contributed by atoms with E-state index in [0.29, 0.717) is 10.5 Å². The predicted molar refractivity (Wildman–Crippen MR) is 98.4 cm³/mol. The van der Waals surface area contributed by atoms with Crippen LogP contribution in [0.2, 0.25) is 0 Å². The van der Waals surface area contributed by atoms with E-state index in [2.05, 4.69) is 35.1 Å². The van der Waals surface area contributed by atoms with Crippen LogP contribution in [0.5, 0.6) is 11.6 Å². The van der Waals surface area contributed by atoms with Gasteiger partial charge >= 0.3 is 0 Å². The van der Waals surface area contributed by atoms with Crippen molar-refractivity contribution in [2.45, 2.75) is 11.5 Å². The Bertz CT molecular complexity index is 825. The van der Waals surface area contributed by atoms with Gasteiger partial charge in [0.2, 0.25) is 5.88 Å². The molecule has 0 unspecified atom stereocenters. The highest BCUT2D eigenvalue weighted by atomic mass is 32.2. The van der Waals surface area contributed by atoms with E-state index in [0.717, 1.165) is 22.2 Å². The molecule has 4 rings (SSSR count). The molecule has 116 valence electrons. The van der Waals surface area contributed by atoms with Crippen LogP contribution >= 0.6 is 23.5 Å². The van der Waals surface area contributed by atoms with Crippen molar-refractivity contribution in [1.82, 2.24) is 9.97 Å². The van der Waals surface area contributed by atoms with Crippen LogP contribution in [0.1, 0.15) is 15.7 Å². The van der Waals surface area contributed by atoms with E-state index in [1.165, 1.54) is 17.1 Å². The molecular weight excluding hydrogens is 324 g/mol. The molecule has 0 saturated carbocycles. The van der Waals surface area contributed by atoms with Crippen molar-refractivity contribution in [1.29, 1.82) is 0 Å². The van der Waals surface area contributed by atoms with Gasteiger partial charge < -0.3 is 4.74 Å². The molecule has 0 amide bonds. The monoisotopic (exact) mass is 340 g/mol. The van der Waals surface area contributed by atoms with E-state index in [9.17, 15) is 0 Å². The summed E-state index contributed by atoms with van der Waals surface area (Å²) < 4.78 is 6.59. The van der Waals surface area contributed by atoms with Gasteiger partial charge in [-0.1, -0.05) is 24.3 Å². The summed E-state index contributed by atoms with van der Waals surface area (Å²) in [5.41, 5.74) is 3.38. The van der Waals surface area contributed by atoms with Crippen molar-refractivity contribution >= 4 is 34.4 Å². The molecule has 0 aliphatic carbocycles. The summed E-state index contributed by atoms with van der Waals surface area (Å²) >= 11 is 4.02. The van der Waals surface area contributed by atoms with E-state index in [-0.39, 0.29) is 0 Å². The molecule has 1 aromatic heterocycles. The Morgan fingerprint density at radius 1 is 1.00 bits per heavy atom. The zero-order valence-corrected chi connectivity index (χ0v) is 14.4. The normalized spacial score (nSPS) is 15.2. The fraction of sp³-hybridized carbons (Fsp3) is 0.222. The molecule has 1 aliphatic rings. The van der Waals surface area contributed by atoms with Crippen LogP contribution in [0.4, 0.5) is 0 Å². The second-order valence-electron chi connectivity index (χ2n) is 5.39. The van der Waals surface area contributed by atoms with Gasteiger partial charge in [-0.25, -0.2) is 9.97 Å². The van der Waals surface area contributed by atoms with Crippen molar-refractivity contribution in [3.05, 3.63) is 59.9 Å². The zero-order chi connectivity index (χ0) is 15.6. The van der Waals surface area contributed by atoms with E-state index in [1.807, 2.05) is 47.8 Å². The Balaban J connectivity index is 1.63. The number of hydrogen-bond acceptors (Lipinski definition) is 5. The van der Waals surface area contributed by atoms with Crippen LogP contribution in [-0.2, 0) is 0 Å². The molecule has 23 heavy (non-hydrogen) atoms.